The summed E-state index contributed by atoms with van der Waals surface area (Å²) < 4.78 is 0. The number of hydrogen-bond acceptors (Lipinski definition) is 4. The molecule has 1 unspecified atom stereocenters. The number of carbonyl (C=O) groups is 1. The molecule has 0 aliphatic carbocycles. The Kier molecular flexibility index (Phi) is 4.52. The van der Waals surface area contributed by atoms with Gasteiger partial charge in [-0.1, -0.05) is 37.3 Å². The molecule has 5 heteroatoms. The predicted octanol–water partition coefficient (Wildman–Crippen LogP) is 3.25. The van der Waals surface area contributed by atoms with E-state index >= 15 is 0 Å². The standard InChI is InChI=1S/C21H22N4O/c1-4-18-19(26)25(3)20(23)24-21(18,2)17-10-6-9-16(12-17)15-8-5-7-14(11-15)13-22/h5-12,18H,4H2,1-3H3,(H2,23,24)/t18-,21?/m0/s1. The summed E-state index contributed by atoms with van der Waals surface area (Å²) in [6.45, 7) is 3.95. The van der Waals surface area contributed by atoms with Crippen LogP contribution in [0, 0.1) is 17.2 Å². The SMILES string of the molecule is CC[C@H]1C(=O)N(C)C(N)=NC1(C)c1cccc(-c2cccc(C#N)c2)c1. The van der Waals surface area contributed by atoms with E-state index in [1.165, 1.54) is 4.90 Å². The van der Waals surface area contributed by atoms with Crippen LogP contribution in [-0.2, 0) is 10.3 Å². The summed E-state index contributed by atoms with van der Waals surface area (Å²) in [6.07, 6.45) is 0.671. The summed E-state index contributed by atoms with van der Waals surface area (Å²) in [5, 5.41) is 9.13. The van der Waals surface area contributed by atoms with E-state index in [0.717, 1.165) is 16.7 Å². The Morgan fingerprint density at radius 2 is 1.88 bits per heavy atom. The molecule has 1 aliphatic heterocycles. The maximum Gasteiger partial charge on any atom is 0.234 e. The molecule has 2 aromatic rings. The van der Waals surface area contributed by atoms with E-state index in [1.54, 1.807) is 13.1 Å². The van der Waals surface area contributed by atoms with Crippen LogP contribution in [0.3, 0.4) is 0 Å². The fourth-order valence-corrected chi connectivity index (χ4v) is 3.60. The first-order valence-electron chi connectivity index (χ1n) is 8.64. The lowest BCUT2D eigenvalue weighted by atomic mass is 9.76. The molecule has 26 heavy (non-hydrogen) atoms. The van der Waals surface area contributed by atoms with Gasteiger partial charge < -0.3 is 5.73 Å². The number of rotatable bonds is 3. The number of nitrogens with zero attached hydrogens (tertiary/aromatic N) is 3. The fourth-order valence-electron chi connectivity index (χ4n) is 3.60. The largest absolute Gasteiger partial charge is 0.369 e. The quantitative estimate of drug-likeness (QED) is 0.926. The average Bonchev–Trinajstić information content (AvgIpc) is 2.67. The van der Waals surface area contributed by atoms with E-state index in [1.807, 2.05) is 56.3 Å². The van der Waals surface area contributed by atoms with E-state index < -0.39 is 5.54 Å². The maximum atomic E-state index is 12.7. The first-order valence-corrected chi connectivity index (χ1v) is 8.64. The number of guanidine groups is 1. The molecule has 5 nitrogen and oxygen atoms in total. The second-order valence-electron chi connectivity index (χ2n) is 6.75. The molecule has 2 aromatic carbocycles. The van der Waals surface area contributed by atoms with Crippen molar-refractivity contribution >= 4 is 11.9 Å². The van der Waals surface area contributed by atoms with Gasteiger partial charge in [-0.05, 0) is 48.2 Å². The maximum absolute atomic E-state index is 12.7. The summed E-state index contributed by atoms with van der Waals surface area (Å²) in [5.74, 6) is -0.0565. The van der Waals surface area contributed by atoms with Gasteiger partial charge in [0, 0.05) is 7.05 Å². The van der Waals surface area contributed by atoms with Crippen LogP contribution in [0.25, 0.3) is 11.1 Å². The molecule has 0 saturated heterocycles. The van der Waals surface area contributed by atoms with E-state index in [4.69, 9.17) is 11.0 Å². The zero-order chi connectivity index (χ0) is 18.9. The minimum atomic E-state index is -0.717. The molecule has 0 aromatic heterocycles. The van der Waals surface area contributed by atoms with Gasteiger partial charge in [0.25, 0.3) is 0 Å². The molecule has 0 spiro atoms. The van der Waals surface area contributed by atoms with Crippen molar-refractivity contribution in [2.75, 3.05) is 7.05 Å². The van der Waals surface area contributed by atoms with Gasteiger partial charge in [-0.2, -0.15) is 5.26 Å². The molecule has 2 atom stereocenters. The van der Waals surface area contributed by atoms with Crippen LogP contribution in [-0.4, -0.2) is 23.8 Å². The number of hydrogen-bond donors (Lipinski definition) is 1. The lowest BCUT2D eigenvalue weighted by molar-refractivity contribution is -0.134. The highest BCUT2D eigenvalue weighted by Gasteiger charge is 2.45. The van der Waals surface area contributed by atoms with Crippen molar-refractivity contribution in [3.05, 3.63) is 59.7 Å². The number of amides is 1. The zero-order valence-corrected chi connectivity index (χ0v) is 15.2. The van der Waals surface area contributed by atoms with Gasteiger partial charge in [-0.25, -0.2) is 4.99 Å². The van der Waals surface area contributed by atoms with Gasteiger partial charge in [-0.3, -0.25) is 9.69 Å². The molecule has 1 aliphatic rings. The van der Waals surface area contributed by atoms with E-state index in [0.29, 0.717) is 12.0 Å². The number of nitrogens with two attached hydrogens (primary N) is 1. The Morgan fingerprint density at radius 3 is 2.54 bits per heavy atom. The van der Waals surface area contributed by atoms with Crippen molar-refractivity contribution in [1.82, 2.24) is 4.90 Å². The Morgan fingerprint density at radius 1 is 1.23 bits per heavy atom. The van der Waals surface area contributed by atoms with Crippen LogP contribution >= 0.6 is 0 Å². The normalized spacial score (nSPS) is 22.7. The Bertz CT molecular complexity index is 928. The minimum absolute atomic E-state index is 0.0145. The predicted molar refractivity (Wildman–Crippen MR) is 102 cm³/mol. The average molecular weight is 346 g/mol. The summed E-state index contributed by atoms with van der Waals surface area (Å²) >= 11 is 0. The van der Waals surface area contributed by atoms with Crippen LogP contribution in [0.2, 0.25) is 0 Å². The van der Waals surface area contributed by atoms with Crippen LogP contribution in [0.5, 0.6) is 0 Å². The summed E-state index contributed by atoms with van der Waals surface area (Å²) in [7, 11) is 1.66. The molecular formula is C21H22N4O. The molecule has 132 valence electrons. The van der Waals surface area contributed by atoms with Gasteiger partial charge in [0.1, 0.15) is 0 Å². The van der Waals surface area contributed by atoms with Crippen LogP contribution < -0.4 is 5.73 Å². The van der Waals surface area contributed by atoms with Crippen LogP contribution in [0.4, 0.5) is 0 Å². The molecule has 0 radical (unpaired) electrons. The smallest absolute Gasteiger partial charge is 0.234 e. The second-order valence-corrected chi connectivity index (χ2v) is 6.75. The van der Waals surface area contributed by atoms with E-state index in [-0.39, 0.29) is 17.8 Å². The molecular weight excluding hydrogens is 324 g/mol. The zero-order valence-electron chi connectivity index (χ0n) is 15.2. The van der Waals surface area contributed by atoms with Crippen molar-refractivity contribution < 1.29 is 4.79 Å². The topological polar surface area (TPSA) is 82.5 Å². The third kappa shape index (κ3) is 2.84. The molecule has 2 N–H and O–H groups in total. The molecule has 0 fully saturated rings. The number of benzene rings is 2. The van der Waals surface area contributed by atoms with E-state index in [9.17, 15) is 4.79 Å². The van der Waals surface area contributed by atoms with E-state index in [2.05, 4.69) is 11.1 Å². The van der Waals surface area contributed by atoms with Crippen molar-refractivity contribution in [1.29, 1.82) is 5.26 Å². The van der Waals surface area contributed by atoms with Gasteiger partial charge >= 0.3 is 0 Å². The van der Waals surface area contributed by atoms with Crippen LogP contribution in [0.15, 0.2) is 53.5 Å². The Balaban J connectivity index is 2.12. The first-order chi connectivity index (χ1) is 12.4. The number of carbonyl (C=O) groups excluding carboxylic acids is 1. The summed E-state index contributed by atoms with van der Waals surface area (Å²) in [4.78, 5) is 18.8. The molecule has 1 amide bonds. The molecule has 0 bridgehead atoms. The highest BCUT2D eigenvalue weighted by molar-refractivity contribution is 6.00. The van der Waals surface area contributed by atoms with Crippen molar-refractivity contribution in [2.45, 2.75) is 25.8 Å². The summed E-state index contributed by atoms with van der Waals surface area (Å²) in [5.41, 5.74) is 8.78. The van der Waals surface area contributed by atoms with Gasteiger partial charge in [0.15, 0.2) is 5.96 Å². The van der Waals surface area contributed by atoms with Gasteiger partial charge in [0.05, 0.1) is 23.1 Å². The third-order valence-corrected chi connectivity index (χ3v) is 5.18. The first kappa shape index (κ1) is 17.7. The van der Waals surface area contributed by atoms with Crippen molar-refractivity contribution in [3.63, 3.8) is 0 Å². The monoisotopic (exact) mass is 346 g/mol. The van der Waals surface area contributed by atoms with Gasteiger partial charge in [-0.15, -0.1) is 0 Å². The van der Waals surface area contributed by atoms with Crippen molar-refractivity contribution in [3.8, 4) is 17.2 Å². The number of aliphatic imine (C=N–C) groups is 1. The highest BCUT2D eigenvalue weighted by atomic mass is 16.2. The minimum Gasteiger partial charge on any atom is -0.369 e. The Hall–Kier alpha value is -3.13. The lowest BCUT2D eigenvalue weighted by Gasteiger charge is -2.40. The molecule has 1 heterocycles. The molecule has 0 saturated carbocycles. The molecule has 3 rings (SSSR count). The fraction of sp³-hybridized carbons (Fsp3) is 0.286. The Labute approximate surface area is 153 Å². The lowest BCUT2D eigenvalue weighted by Crippen LogP contribution is -2.53. The third-order valence-electron chi connectivity index (χ3n) is 5.18. The van der Waals surface area contributed by atoms with Crippen molar-refractivity contribution in [2.24, 2.45) is 16.6 Å². The number of nitriles is 1. The van der Waals surface area contributed by atoms with Crippen LogP contribution in [0.1, 0.15) is 31.4 Å². The summed E-state index contributed by atoms with van der Waals surface area (Å²) in [6, 6.07) is 17.6. The van der Waals surface area contributed by atoms with Gasteiger partial charge in [0.2, 0.25) is 5.91 Å². The second kappa shape index (κ2) is 6.64. The highest BCUT2D eigenvalue weighted by Crippen LogP contribution is 2.40.